The lowest BCUT2D eigenvalue weighted by Gasteiger charge is -2.13. The van der Waals surface area contributed by atoms with E-state index in [1.165, 1.54) is 43.8 Å². The highest BCUT2D eigenvalue weighted by Gasteiger charge is 2.24. The maximum atomic E-state index is 4.43. The average molecular weight is 1180 g/mol. The van der Waals surface area contributed by atoms with E-state index in [1.54, 1.807) is 6.08 Å². The minimum atomic E-state index is 0.872. The first kappa shape index (κ1) is 56.6. The fourth-order valence-electron chi connectivity index (χ4n) is 13.4. The van der Waals surface area contributed by atoms with Crippen molar-refractivity contribution in [1.82, 2.24) is 29.1 Å². The van der Waals surface area contributed by atoms with Gasteiger partial charge in [-0.15, -0.1) is 6.58 Å². The van der Waals surface area contributed by atoms with Gasteiger partial charge in [0.05, 0.1) is 22.1 Å². The molecular weight excluding hydrogens is 1120 g/mol. The number of allylic oxidation sites excluding steroid dienone is 1. The summed E-state index contributed by atoms with van der Waals surface area (Å²) in [5, 5.41) is 4.79. The van der Waals surface area contributed by atoms with Gasteiger partial charge in [-0.1, -0.05) is 153 Å². The largest absolute Gasteiger partial charge is 0.309 e. The zero-order valence-corrected chi connectivity index (χ0v) is 51.5. The van der Waals surface area contributed by atoms with E-state index >= 15 is 0 Å². The minimum absolute atomic E-state index is 0.872. The highest BCUT2D eigenvalue weighted by Crippen LogP contribution is 2.45. The molecule has 10 aromatic carbocycles. The van der Waals surface area contributed by atoms with Gasteiger partial charge in [-0.3, -0.25) is 19.9 Å². The normalized spacial score (nSPS) is 11.4. The lowest BCUT2D eigenvalue weighted by atomic mass is 9.97. The van der Waals surface area contributed by atoms with Crippen LogP contribution in [0, 0.1) is 0 Å². The molecule has 0 aliphatic heterocycles. The summed E-state index contributed by atoms with van der Waals surface area (Å²) in [4.78, 5) is 17.7. The molecule has 0 bridgehead atoms. The number of nitrogens with zero attached hydrogens (tertiary/aromatic N) is 6. The lowest BCUT2D eigenvalue weighted by Crippen LogP contribution is -1.96. The molecule has 0 saturated heterocycles. The van der Waals surface area contributed by atoms with Gasteiger partial charge in [-0.25, -0.2) is 0 Å². The highest BCUT2D eigenvalue weighted by atomic mass is 15.0. The maximum absolute atomic E-state index is 4.43. The van der Waals surface area contributed by atoms with Gasteiger partial charge in [0, 0.05) is 105 Å². The Morgan fingerprint density at radius 3 is 0.772 bits per heavy atom. The summed E-state index contributed by atoms with van der Waals surface area (Å²) in [6.07, 6.45) is 17.7. The molecule has 6 aromatic heterocycles. The van der Waals surface area contributed by atoms with Crippen molar-refractivity contribution in [3.8, 4) is 112 Å². The third-order valence-electron chi connectivity index (χ3n) is 17.7. The molecule has 0 atom stereocenters. The van der Waals surface area contributed by atoms with Crippen LogP contribution in [0.5, 0.6) is 0 Å². The van der Waals surface area contributed by atoms with Crippen molar-refractivity contribution >= 4 is 43.6 Å². The minimum Gasteiger partial charge on any atom is -0.309 e. The Hall–Kier alpha value is -11.9. The van der Waals surface area contributed by atoms with E-state index in [1.807, 2.05) is 94.6 Å². The summed E-state index contributed by atoms with van der Waals surface area (Å²) < 4.78 is 4.94. The summed E-state index contributed by atoms with van der Waals surface area (Å²) in [6, 6.07) is 93.9. The molecule has 6 heterocycles. The highest BCUT2D eigenvalue weighted by molar-refractivity contribution is 6.13. The van der Waals surface area contributed by atoms with Crippen LogP contribution in [-0.2, 0) is 6.42 Å². The second-order valence-electron chi connectivity index (χ2n) is 23.2. The standard InChI is InChI=1S/C81H52N6.C3H6.C2H6/c1-9-52(37-56(13-1)66-17-5-33-82-48-66)60-23-29-78-74(42-60)75-43-61(53-10-2-14-57(38-53)67-18-6-34-83-49-67)24-30-79(75)86(78)70-27-21-64-41-65-22-28-71(47-73(65)72(64)46-70)87-80-31-25-62(54-11-3-15-58(39-54)68-19-7-35-84-50-68)44-76(80)77-45-63(26-32-81(77)87)55-12-4-16-59(40-55)69-20-8-36-85-51-69;1-3-2;1-2/h1-40,42-51H,41H2;3H,1H2,2H3;1-2H3. The third-order valence-corrected chi connectivity index (χ3v) is 17.7. The molecule has 0 N–H and O–H groups in total. The van der Waals surface area contributed by atoms with Crippen molar-refractivity contribution in [2.45, 2.75) is 27.2 Å². The molecule has 1 aliphatic carbocycles. The van der Waals surface area contributed by atoms with Gasteiger partial charge in [-0.2, -0.15) is 0 Å². The van der Waals surface area contributed by atoms with Gasteiger partial charge in [0.1, 0.15) is 0 Å². The van der Waals surface area contributed by atoms with Crippen molar-refractivity contribution in [2.24, 2.45) is 0 Å². The Morgan fingerprint density at radius 1 is 0.283 bits per heavy atom. The van der Waals surface area contributed by atoms with E-state index in [0.717, 1.165) is 129 Å². The lowest BCUT2D eigenvalue weighted by molar-refractivity contribution is 1.17. The Morgan fingerprint density at radius 2 is 0.522 bits per heavy atom. The molecule has 0 unspecified atom stereocenters. The molecule has 438 valence electrons. The first-order valence-electron chi connectivity index (χ1n) is 31.5. The monoisotopic (exact) mass is 1180 g/mol. The van der Waals surface area contributed by atoms with Gasteiger partial charge in [-0.05, 0) is 224 Å². The van der Waals surface area contributed by atoms with Crippen LogP contribution in [0.1, 0.15) is 31.9 Å². The first-order chi connectivity index (χ1) is 45.5. The Labute approximate surface area is 536 Å². The number of fused-ring (bicyclic) bond motifs is 9. The van der Waals surface area contributed by atoms with E-state index in [4.69, 9.17) is 0 Å². The maximum Gasteiger partial charge on any atom is 0.0541 e. The van der Waals surface area contributed by atoms with Crippen molar-refractivity contribution in [3.05, 3.63) is 328 Å². The number of pyridine rings is 4. The van der Waals surface area contributed by atoms with E-state index in [-0.39, 0.29) is 0 Å². The fraction of sp³-hybridized carbons (Fsp3) is 0.0465. The van der Waals surface area contributed by atoms with Crippen molar-refractivity contribution < 1.29 is 0 Å². The molecule has 16 aromatic rings. The summed E-state index contributed by atoms with van der Waals surface area (Å²) in [5.74, 6) is 0. The smallest absolute Gasteiger partial charge is 0.0541 e. The molecular formula is C86H64N6. The number of rotatable bonds is 10. The number of hydrogen-bond acceptors (Lipinski definition) is 4. The molecule has 17 rings (SSSR count). The Balaban J connectivity index is 0.00000137. The second-order valence-corrected chi connectivity index (χ2v) is 23.2. The predicted octanol–water partition coefficient (Wildman–Crippen LogP) is 22.6. The van der Waals surface area contributed by atoms with Crippen LogP contribution in [0.25, 0.3) is 155 Å². The second kappa shape index (κ2) is 24.6. The van der Waals surface area contributed by atoms with Crippen LogP contribution in [0.2, 0.25) is 0 Å². The molecule has 0 amide bonds. The molecule has 0 fully saturated rings. The van der Waals surface area contributed by atoms with E-state index in [2.05, 4.69) is 266 Å². The van der Waals surface area contributed by atoms with Crippen molar-refractivity contribution in [3.63, 3.8) is 0 Å². The van der Waals surface area contributed by atoms with Crippen LogP contribution in [0.4, 0.5) is 0 Å². The van der Waals surface area contributed by atoms with Gasteiger partial charge in [0.15, 0.2) is 0 Å². The topological polar surface area (TPSA) is 61.4 Å². The molecule has 6 heteroatoms. The summed E-state index contributed by atoms with van der Waals surface area (Å²) in [6.45, 7) is 9.25. The van der Waals surface area contributed by atoms with Crippen molar-refractivity contribution in [1.29, 1.82) is 0 Å². The predicted molar refractivity (Wildman–Crippen MR) is 385 cm³/mol. The van der Waals surface area contributed by atoms with Crippen LogP contribution in [-0.4, -0.2) is 29.1 Å². The van der Waals surface area contributed by atoms with Gasteiger partial charge < -0.3 is 9.13 Å². The summed E-state index contributed by atoms with van der Waals surface area (Å²) in [5.41, 5.74) is 30.3. The number of hydrogen-bond donors (Lipinski definition) is 0. The van der Waals surface area contributed by atoms with E-state index in [9.17, 15) is 0 Å². The molecule has 0 saturated carbocycles. The molecule has 92 heavy (non-hydrogen) atoms. The van der Waals surface area contributed by atoms with Crippen LogP contribution >= 0.6 is 0 Å². The van der Waals surface area contributed by atoms with Crippen LogP contribution in [0.15, 0.2) is 317 Å². The fourth-order valence-corrected chi connectivity index (χ4v) is 13.4. The summed E-state index contributed by atoms with van der Waals surface area (Å²) in [7, 11) is 0. The van der Waals surface area contributed by atoms with Crippen LogP contribution in [0.3, 0.4) is 0 Å². The molecule has 6 nitrogen and oxygen atoms in total. The Kier molecular flexibility index (Phi) is 15.1. The zero-order chi connectivity index (χ0) is 62.1. The zero-order valence-electron chi connectivity index (χ0n) is 51.5. The van der Waals surface area contributed by atoms with Crippen molar-refractivity contribution in [2.75, 3.05) is 0 Å². The number of benzene rings is 10. The molecule has 0 spiro atoms. The third kappa shape index (κ3) is 10.5. The van der Waals surface area contributed by atoms with Gasteiger partial charge >= 0.3 is 0 Å². The first-order valence-corrected chi connectivity index (χ1v) is 31.5. The van der Waals surface area contributed by atoms with Gasteiger partial charge in [0.2, 0.25) is 0 Å². The van der Waals surface area contributed by atoms with Gasteiger partial charge in [0.25, 0.3) is 0 Å². The quantitative estimate of drug-likeness (QED) is 0.128. The van der Waals surface area contributed by atoms with Crippen LogP contribution < -0.4 is 0 Å². The SMILES string of the molecule is C=CC.CC.c1cncc(-c2cccc(-c3ccc4c(c3)c3cc(-c5cccc(-c6cccnc6)c5)ccc3n4-c3ccc4c(c3)-c3cc(-n5c6ccc(-c7cccc(-c8cccnc8)c7)cc6c6cc(-c7cccc(-c8cccnc8)c7)ccc65)ccc3C4)c2)c1. The van der Waals surface area contributed by atoms with E-state index in [0.29, 0.717) is 0 Å². The average Bonchev–Trinajstić information content (AvgIpc) is 1.59. The van der Waals surface area contributed by atoms with E-state index < -0.39 is 0 Å². The Bertz CT molecular complexity index is 4800. The molecule has 0 radical (unpaired) electrons. The summed E-state index contributed by atoms with van der Waals surface area (Å²) >= 11 is 0. The molecule has 1 aliphatic rings. The number of aromatic nitrogens is 6.